The fourth-order valence-electron chi connectivity index (χ4n) is 3.78. The number of piperidine rings is 1. The van der Waals surface area contributed by atoms with E-state index in [1.165, 1.54) is 11.1 Å². The zero-order chi connectivity index (χ0) is 20.0. The van der Waals surface area contributed by atoms with Gasteiger partial charge in [0.05, 0.1) is 7.11 Å². The summed E-state index contributed by atoms with van der Waals surface area (Å²) in [6, 6.07) is 16.7. The molecular formula is C23H31N3O2. The van der Waals surface area contributed by atoms with Gasteiger partial charge in [-0.2, -0.15) is 0 Å². The first-order chi connectivity index (χ1) is 13.5. The number of carbonyl (C=O) groups is 1. The molecule has 1 saturated heterocycles. The highest BCUT2D eigenvalue weighted by atomic mass is 16.5. The maximum Gasteiger partial charge on any atom is 0.217 e. The molecule has 0 unspecified atom stereocenters. The van der Waals surface area contributed by atoms with Gasteiger partial charge in [-0.15, -0.1) is 0 Å². The van der Waals surface area contributed by atoms with Crippen molar-refractivity contribution in [3.63, 3.8) is 0 Å². The molecule has 1 aliphatic rings. The molecule has 0 radical (unpaired) electrons. The van der Waals surface area contributed by atoms with Crippen molar-refractivity contribution < 1.29 is 9.53 Å². The minimum absolute atomic E-state index is 0.0536. The largest absolute Gasteiger partial charge is 0.497 e. The number of hydrogen-bond acceptors (Lipinski definition) is 4. The highest BCUT2D eigenvalue weighted by molar-refractivity contribution is 5.73. The molecule has 2 N–H and O–H groups in total. The van der Waals surface area contributed by atoms with E-state index >= 15 is 0 Å². The lowest BCUT2D eigenvalue weighted by molar-refractivity contribution is -0.121. The first-order valence-electron chi connectivity index (χ1n) is 9.93. The number of ether oxygens (including phenoxy) is 1. The highest BCUT2D eigenvalue weighted by Crippen LogP contribution is 2.26. The summed E-state index contributed by atoms with van der Waals surface area (Å²) in [6.45, 7) is 7.35. The molecule has 1 heterocycles. The first-order valence-corrected chi connectivity index (χ1v) is 9.93. The predicted molar refractivity (Wildman–Crippen MR) is 113 cm³/mol. The molecule has 2 aromatic rings. The van der Waals surface area contributed by atoms with Crippen LogP contribution in [-0.2, 0) is 17.9 Å². The quantitative estimate of drug-likeness (QED) is 0.766. The molecule has 150 valence electrons. The van der Waals surface area contributed by atoms with Crippen molar-refractivity contribution in [3.8, 4) is 5.75 Å². The van der Waals surface area contributed by atoms with Crippen LogP contribution in [0.2, 0.25) is 0 Å². The average Bonchev–Trinajstić information content (AvgIpc) is 2.68. The van der Waals surface area contributed by atoms with Gasteiger partial charge in [-0.3, -0.25) is 9.69 Å². The van der Waals surface area contributed by atoms with Crippen molar-refractivity contribution in [2.45, 2.75) is 45.3 Å². The van der Waals surface area contributed by atoms with Gasteiger partial charge < -0.3 is 15.4 Å². The zero-order valence-electron chi connectivity index (χ0n) is 17.1. The third-order valence-corrected chi connectivity index (χ3v) is 5.39. The van der Waals surface area contributed by atoms with E-state index in [9.17, 15) is 4.79 Å². The van der Waals surface area contributed by atoms with Crippen molar-refractivity contribution in [2.75, 3.05) is 25.5 Å². The van der Waals surface area contributed by atoms with E-state index in [2.05, 4.69) is 58.9 Å². The SMILES string of the molecule is COc1cc(CN2CCC(C)(NC(C)=O)CC2)cc(NCc2ccccc2)c1. The van der Waals surface area contributed by atoms with Crippen LogP contribution in [0.25, 0.3) is 0 Å². The molecule has 3 rings (SSSR count). The summed E-state index contributed by atoms with van der Waals surface area (Å²) in [4.78, 5) is 13.9. The van der Waals surface area contributed by atoms with E-state index in [0.717, 1.165) is 50.5 Å². The van der Waals surface area contributed by atoms with Crippen molar-refractivity contribution in [1.29, 1.82) is 0 Å². The fraction of sp³-hybridized carbons (Fsp3) is 0.435. The van der Waals surface area contributed by atoms with Gasteiger partial charge in [0, 0.05) is 50.4 Å². The van der Waals surface area contributed by atoms with Crippen molar-refractivity contribution in [2.24, 2.45) is 0 Å². The number of likely N-dealkylation sites (tertiary alicyclic amines) is 1. The molecule has 1 amide bonds. The van der Waals surface area contributed by atoms with E-state index in [0.29, 0.717) is 0 Å². The third-order valence-electron chi connectivity index (χ3n) is 5.39. The fourth-order valence-corrected chi connectivity index (χ4v) is 3.78. The van der Waals surface area contributed by atoms with E-state index in [4.69, 9.17) is 4.74 Å². The Morgan fingerprint density at radius 2 is 1.82 bits per heavy atom. The van der Waals surface area contributed by atoms with Crippen LogP contribution in [-0.4, -0.2) is 36.5 Å². The normalized spacial score (nSPS) is 16.4. The van der Waals surface area contributed by atoms with Crippen LogP contribution in [0.5, 0.6) is 5.75 Å². The number of carbonyl (C=O) groups excluding carboxylic acids is 1. The van der Waals surface area contributed by atoms with Crippen LogP contribution in [0.3, 0.4) is 0 Å². The third kappa shape index (κ3) is 5.73. The van der Waals surface area contributed by atoms with Gasteiger partial charge in [0.25, 0.3) is 0 Å². The number of methoxy groups -OCH3 is 1. The highest BCUT2D eigenvalue weighted by Gasteiger charge is 2.30. The lowest BCUT2D eigenvalue weighted by atomic mass is 9.89. The number of anilines is 1. The maximum absolute atomic E-state index is 11.4. The van der Waals surface area contributed by atoms with Gasteiger partial charge in [0.2, 0.25) is 5.91 Å². The molecule has 5 heteroatoms. The molecule has 28 heavy (non-hydrogen) atoms. The zero-order valence-corrected chi connectivity index (χ0v) is 17.1. The Morgan fingerprint density at radius 1 is 1.11 bits per heavy atom. The summed E-state index contributed by atoms with van der Waals surface area (Å²) in [5.41, 5.74) is 3.47. The molecule has 1 aliphatic heterocycles. The van der Waals surface area contributed by atoms with Gasteiger partial charge in [0.1, 0.15) is 5.75 Å². The van der Waals surface area contributed by atoms with Crippen molar-refractivity contribution in [3.05, 3.63) is 59.7 Å². The Labute approximate surface area is 168 Å². The van der Waals surface area contributed by atoms with E-state index in [1.54, 1.807) is 14.0 Å². The number of benzene rings is 2. The van der Waals surface area contributed by atoms with Gasteiger partial charge in [-0.05, 0) is 43.0 Å². The van der Waals surface area contributed by atoms with Crippen LogP contribution in [0.15, 0.2) is 48.5 Å². The Kier molecular flexibility index (Phi) is 6.57. The molecule has 0 atom stereocenters. The second kappa shape index (κ2) is 9.11. The van der Waals surface area contributed by atoms with Gasteiger partial charge in [-0.1, -0.05) is 30.3 Å². The Balaban J connectivity index is 1.61. The minimum Gasteiger partial charge on any atom is -0.497 e. The standard InChI is InChI=1S/C23H31N3O2/c1-18(27)25-23(2)9-11-26(12-10-23)17-20-13-21(15-22(14-20)28-3)24-16-19-7-5-4-6-8-19/h4-8,13-15,24H,9-12,16-17H2,1-3H3,(H,25,27). The number of rotatable bonds is 7. The summed E-state index contributed by atoms with van der Waals surface area (Å²) >= 11 is 0. The molecule has 1 fully saturated rings. The van der Waals surface area contributed by atoms with E-state index in [-0.39, 0.29) is 11.4 Å². The predicted octanol–water partition coefficient (Wildman–Crippen LogP) is 3.80. The molecule has 0 spiro atoms. The smallest absolute Gasteiger partial charge is 0.217 e. The molecule has 0 aliphatic carbocycles. The molecule has 5 nitrogen and oxygen atoms in total. The monoisotopic (exact) mass is 381 g/mol. The Bertz CT molecular complexity index is 784. The van der Waals surface area contributed by atoms with Crippen LogP contribution in [0.1, 0.15) is 37.8 Å². The summed E-state index contributed by atoms with van der Waals surface area (Å²) in [6.07, 6.45) is 1.94. The number of nitrogens with one attached hydrogen (secondary N) is 2. The number of nitrogens with zero attached hydrogens (tertiary/aromatic N) is 1. The molecule has 0 saturated carbocycles. The van der Waals surface area contributed by atoms with Gasteiger partial charge in [0.15, 0.2) is 0 Å². The van der Waals surface area contributed by atoms with Crippen molar-refractivity contribution in [1.82, 2.24) is 10.2 Å². The van der Waals surface area contributed by atoms with Crippen LogP contribution < -0.4 is 15.4 Å². The van der Waals surface area contributed by atoms with Gasteiger partial charge >= 0.3 is 0 Å². The topological polar surface area (TPSA) is 53.6 Å². The maximum atomic E-state index is 11.4. The Morgan fingerprint density at radius 3 is 2.46 bits per heavy atom. The second-order valence-corrected chi connectivity index (χ2v) is 7.93. The van der Waals surface area contributed by atoms with Crippen LogP contribution in [0, 0.1) is 0 Å². The van der Waals surface area contributed by atoms with Crippen molar-refractivity contribution >= 4 is 11.6 Å². The number of hydrogen-bond donors (Lipinski definition) is 2. The van der Waals surface area contributed by atoms with Crippen LogP contribution in [0.4, 0.5) is 5.69 Å². The summed E-state index contributed by atoms with van der Waals surface area (Å²) in [5.74, 6) is 0.922. The molecule has 2 aromatic carbocycles. The molecule has 0 bridgehead atoms. The summed E-state index contributed by atoms with van der Waals surface area (Å²) in [5, 5.41) is 6.61. The van der Waals surface area contributed by atoms with E-state index in [1.807, 2.05) is 12.1 Å². The number of amides is 1. The lowest BCUT2D eigenvalue weighted by Crippen LogP contribution is -2.52. The first kappa shape index (κ1) is 20.2. The Hall–Kier alpha value is -2.53. The lowest BCUT2D eigenvalue weighted by Gasteiger charge is -2.39. The molecular weight excluding hydrogens is 350 g/mol. The second-order valence-electron chi connectivity index (χ2n) is 7.93. The average molecular weight is 382 g/mol. The summed E-state index contributed by atoms with van der Waals surface area (Å²) < 4.78 is 5.51. The van der Waals surface area contributed by atoms with Crippen LogP contribution >= 0.6 is 0 Å². The summed E-state index contributed by atoms with van der Waals surface area (Å²) in [7, 11) is 1.71. The van der Waals surface area contributed by atoms with E-state index < -0.39 is 0 Å². The minimum atomic E-state index is -0.0842. The molecule has 0 aromatic heterocycles. The van der Waals surface area contributed by atoms with Gasteiger partial charge in [-0.25, -0.2) is 0 Å².